The van der Waals surface area contributed by atoms with E-state index in [1.165, 1.54) is 0 Å². The van der Waals surface area contributed by atoms with Crippen LogP contribution in [0.4, 0.5) is 0 Å². The molecule has 0 atom stereocenters. The number of benzene rings is 2. The van der Waals surface area contributed by atoms with E-state index in [2.05, 4.69) is 4.98 Å². The topological polar surface area (TPSA) is 75.3 Å². The van der Waals surface area contributed by atoms with Gasteiger partial charge in [-0.25, -0.2) is 9.78 Å². The van der Waals surface area contributed by atoms with Gasteiger partial charge in [0.05, 0.1) is 5.52 Å². The molecule has 0 saturated carbocycles. The molecule has 0 radical (unpaired) electrons. The van der Waals surface area contributed by atoms with Gasteiger partial charge in [0.15, 0.2) is 0 Å². The maximum atomic E-state index is 10.9. The normalized spacial score (nSPS) is 10.8. The number of aromatic carboxylic acids is 1. The van der Waals surface area contributed by atoms with Crippen molar-refractivity contribution in [3.8, 4) is 11.1 Å². The van der Waals surface area contributed by atoms with E-state index in [0.29, 0.717) is 20.8 Å². The number of carboxylic acids is 1. The van der Waals surface area contributed by atoms with Crippen molar-refractivity contribution in [2.75, 3.05) is 0 Å². The van der Waals surface area contributed by atoms with Gasteiger partial charge >= 0.3 is 5.97 Å². The molecule has 1 heterocycles. The van der Waals surface area contributed by atoms with E-state index in [1.807, 2.05) is 18.2 Å². The second kappa shape index (κ2) is 4.54. The zero-order valence-electron chi connectivity index (χ0n) is 10.1. The highest BCUT2D eigenvalue weighted by atomic mass is 35.5. The first-order chi connectivity index (χ1) is 9.56. The Balaban J connectivity index is 2.17. The molecule has 0 fully saturated rings. The van der Waals surface area contributed by atoms with E-state index in [4.69, 9.17) is 16.7 Å². The smallest absolute Gasteiger partial charge is 0.375 e. The van der Waals surface area contributed by atoms with Crippen LogP contribution in [0.1, 0.15) is 10.6 Å². The minimum Gasteiger partial charge on any atom is -0.475 e. The van der Waals surface area contributed by atoms with Crippen molar-refractivity contribution in [1.82, 2.24) is 9.71 Å². The van der Waals surface area contributed by atoms with E-state index < -0.39 is 11.8 Å². The average Bonchev–Trinajstić information content (AvgIpc) is 2.77. The first-order valence-corrected chi connectivity index (χ1v) is 6.15. The number of imidazole rings is 1. The van der Waals surface area contributed by atoms with Crippen molar-refractivity contribution in [2.24, 2.45) is 0 Å². The second-order valence-electron chi connectivity index (χ2n) is 4.26. The van der Waals surface area contributed by atoms with Crippen LogP contribution >= 0.6 is 11.6 Å². The van der Waals surface area contributed by atoms with E-state index >= 15 is 0 Å². The Kier molecular flexibility index (Phi) is 2.84. The molecule has 20 heavy (non-hydrogen) atoms. The number of carboxylic acid groups (broad SMARTS) is 1. The molecule has 0 amide bonds. The molecule has 0 unspecified atom stereocenters. The Morgan fingerprint density at radius 2 is 1.75 bits per heavy atom. The maximum absolute atomic E-state index is 10.9. The average molecular weight is 289 g/mol. The third-order valence-electron chi connectivity index (χ3n) is 3.00. The Morgan fingerprint density at radius 1 is 1.10 bits per heavy atom. The summed E-state index contributed by atoms with van der Waals surface area (Å²) in [7, 11) is 0. The van der Waals surface area contributed by atoms with Gasteiger partial charge in [0, 0.05) is 5.02 Å². The summed E-state index contributed by atoms with van der Waals surface area (Å²) < 4.78 is 0.580. The molecule has 6 heteroatoms. The summed E-state index contributed by atoms with van der Waals surface area (Å²) in [5, 5.41) is 19.4. The summed E-state index contributed by atoms with van der Waals surface area (Å²) in [6, 6.07) is 12.4. The molecule has 3 rings (SSSR count). The Labute approximate surface area is 118 Å². The van der Waals surface area contributed by atoms with Crippen LogP contribution in [0.15, 0.2) is 42.5 Å². The Bertz CT molecular complexity index is 809. The zero-order chi connectivity index (χ0) is 14.3. The van der Waals surface area contributed by atoms with Crippen LogP contribution in [0.2, 0.25) is 5.02 Å². The van der Waals surface area contributed by atoms with Crippen molar-refractivity contribution >= 4 is 28.6 Å². The van der Waals surface area contributed by atoms with Gasteiger partial charge in [-0.2, -0.15) is 4.73 Å². The first-order valence-electron chi connectivity index (χ1n) is 5.77. The lowest BCUT2D eigenvalue weighted by Gasteiger charge is -2.02. The van der Waals surface area contributed by atoms with Crippen LogP contribution in [0, 0.1) is 0 Å². The summed E-state index contributed by atoms with van der Waals surface area (Å²) in [5.41, 5.74) is 2.51. The molecule has 0 aliphatic carbocycles. The molecule has 0 saturated heterocycles. The summed E-state index contributed by atoms with van der Waals surface area (Å²) in [4.78, 5) is 14.8. The van der Waals surface area contributed by atoms with Gasteiger partial charge in [-0.05, 0) is 35.4 Å². The molecule has 0 aliphatic heterocycles. The fourth-order valence-electron chi connectivity index (χ4n) is 2.02. The largest absolute Gasteiger partial charge is 0.475 e. The maximum Gasteiger partial charge on any atom is 0.375 e. The number of rotatable bonds is 2. The summed E-state index contributed by atoms with van der Waals surface area (Å²) in [6.45, 7) is 0. The predicted octanol–water partition coefficient (Wildman–Crippen LogP) is 3.29. The molecular weight excluding hydrogens is 280 g/mol. The Hall–Kier alpha value is -2.53. The minimum absolute atomic E-state index is 0.342. The molecular formula is C14H9ClN2O3. The number of aromatic nitrogens is 2. The number of hydrogen-bond donors (Lipinski definition) is 2. The van der Waals surface area contributed by atoms with Crippen molar-refractivity contribution < 1.29 is 15.1 Å². The van der Waals surface area contributed by atoms with E-state index in [0.717, 1.165) is 11.1 Å². The van der Waals surface area contributed by atoms with Crippen LogP contribution in [0.5, 0.6) is 0 Å². The molecule has 2 N–H and O–H groups in total. The van der Waals surface area contributed by atoms with Crippen LogP contribution in [0.3, 0.4) is 0 Å². The van der Waals surface area contributed by atoms with Crippen molar-refractivity contribution in [2.45, 2.75) is 0 Å². The SMILES string of the molecule is O=C(O)c1nc2ccc(-c3ccc(Cl)cc3)cc2n1O. The second-order valence-corrected chi connectivity index (χ2v) is 4.70. The monoisotopic (exact) mass is 288 g/mol. The molecule has 100 valence electrons. The molecule has 0 aliphatic rings. The quantitative estimate of drug-likeness (QED) is 0.710. The van der Waals surface area contributed by atoms with Gasteiger partial charge in [0.1, 0.15) is 5.52 Å². The lowest BCUT2D eigenvalue weighted by atomic mass is 10.1. The van der Waals surface area contributed by atoms with Crippen molar-refractivity contribution in [3.05, 3.63) is 53.3 Å². The van der Waals surface area contributed by atoms with Gasteiger partial charge in [-0.3, -0.25) is 0 Å². The molecule has 2 aromatic carbocycles. The van der Waals surface area contributed by atoms with Crippen LogP contribution < -0.4 is 0 Å². The van der Waals surface area contributed by atoms with Gasteiger partial charge in [0.25, 0.3) is 5.82 Å². The highest BCUT2D eigenvalue weighted by Gasteiger charge is 2.16. The van der Waals surface area contributed by atoms with Gasteiger partial charge < -0.3 is 10.3 Å². The number of fused-ring (bicyclic) bond motifs is 1. The number of carbonyl (C=O) groups is 1. The molecule has 3 aromatic rings. The number of halogens is 1. The zero-order valence-corrected chi connectivity index (χ0v) is 10.9. The molecule has 5 nitrogen and oxygen atoms in total. The molecule has 1 aromatic heterocycles. The third-order valence-corrected chi connectivity index (χ3v) is 3.25. The van der Waals surface area contributed by atoms with Gasteiger partial charge in [0.2, 0.25) is 0 Å². The van der Waals surface area contributed by atoms with E-state index in [9.17, 15) is 10.0 Å². The van der Waals surface area contributed by atoms with Crippen LogP contribution in [-0.2, 0) is 0 Å². The summed E-state index contributed by atoms with van der Waals surface area (Å²) in [6.07, 6.45) is 0. The van der Waals surface area contributed by atoms with Crippen molar-refractivity contribution in [3.63, 3.8) is 0 Å². The fraction of sp³-hybridized carbons (Fsp3) is 0. The minimum atomic E-state index is -1.28. The van der Waals surface area contributed by atoms with Crippen LogP contribution in [-0.4, -0.2) is 26.0 Å². The van der Waals surface area contributed by atoms with Gasteiger partial charge in [-0.15, -0.1) is 0 Å². The lowest BCUT2D eigenvalue weighted by Crippen LogP contribution is -2.06. The van der Waals surface area contributed by atoms with E-state index in [-0.39, 0.29) is 0 Å². The first kappa shape index (κ1) is 12.5. The molecule has 0 bridgehead atoms. The highest BCUT2D eigenvalue weighted by Crippen LogP contribution is 2.25. The summed E-state index contributed by atoms with van der Waals surface area (Å²) in [5.74, 6) is -1.69. The van der Waals surface area contributed by atoms with Gasteiger partial charge in [-0.1, -0.05) is 29.8 Å². The molecule has 0 spiro atoms. The Morgan fingerprint density at radius 3 is 2.40 bits per heavy atom. The third kappa shape index (κ3) is 1.98. The lowest BCUT2D eigenvalue weighted by molar-refractivity contribution is 0.0639. The van der Waals surface area contributed by atoms with E-state index in [1.54, 1.807) is 24.3 Å². The summed E-state index contributed by atoms with van der Waals surface area (Å²) >= 11 is 5.84. The standard InChI is InChI=1S/C14H9ClN2O3/c15-10-4-1-8(2-5-10)9-3-6-11-12(7-9)17(20)13(16-11)14(18)19/h1-7,20H,(H,18,19). The number of hydrogen-bond acceptors (Lipinski definition) is 3. The highest BCUT2D eigenvalue weighted by molar-refractivity contribution is 6.30. The predicted molar refractivity (Wildman–Crippen MR) is 74.3 cm³/mol. The fourth-order valence-corrected chi connectivity index (χ4v) is 2.15. The number of nitrogens with zero attached hydrogens (tertiary/aromatic N) is 2. The van der Waals surface area contributed by atoms with Crippen molar-refractivity contribution in [1.29, 1.82) is 0 Å². The van der Waals surface area contributed by atoms with Crippen LogP contribution in [0.25, 0.3) is 22.2 Å².